The summed E-state index contributed by atoms with van der Waals surface area (Å²) in [5.41, 5.74) is 0. The summed E-state index contributed by atoms with van der Waals surface area (Å²) in [5.74, 6) is 0. The van der Waals surface area contributed by atoms with Crippen LogP contribution in [-0.4, -0.2) is 34.8 Å². The number of nitrogens with two attached hydrogens (primary N) is 1. The minimum absolute atomic E-state index is 2.00. The maximum atomic E-state index is 8.78. The Morgan fingerprint density at radius 2 is 1.50 bits per heavy atom. The van der Waals surface area contributed by atoms with Gasteiger partial charge in [0.25, 0.3) is 0 Å². The third kappa shape index (κ3) is 170000. The fourth-order valence-electron chi connectivity index (χ4n) is 0. The molecule has 4 nitrogen and oxygen atoms in total. The minimum Gasteiger partial charge on any atom is -0.760 e. The highest BCUT2D eigenvalue weighted by atomic mass is 32.2. The van der Waals surface area contributed by atoms with Gasteiger partial charge in [0.05, 0.1) is 0 Å². The highest BCUT2D eigenvalue weighted by Crippen LogP contribution is 1.47. The second-order valence-corrected chi connectivity index (χ2v) is 2.12. The van der Waals surface area contributed by atoms with Crippen LogP contribution in [0.25, 0.3) is 0 Å². The average Bonchev–Trinajstić information content (AvgIpc) is 1.25. The van der Waals surface area contributed by atoms with Crippen LogP contribution < -0.4 is 5.14 Å². The lowest BCUT2D eigenvalue weighted by Gasteiger charge is -1.90. The van der Waals surface area contributed by atoms with Gasteiger partial charge in [0.15, 0.2) is 0 Å². The number of hydrogen-bond donors (Lipinski definition) is 1. The lowest BCUT2D eigenvalue weighted by molar-refractivity contribution is 0.505. The zero-order valence-corrected chi connectivity index (χ0v) is 6.07. The van der Waals surface area contributed by atoms with E-state index in [1.165, 1.54) is 0 Å². The van der Waals surface area contributed by atoms with Gasteiger partial charge in [-0.1, -0.05) is 0 Å². The van der Waals surface area contributed by atoms with Crippen molar-refractivity contribution in [2.75, 3.05) is 21.1 Å². The van der Waals surface area contributed by atoms with E-state index in [1.54, 1.807) is 0 Å². The molecular weight excluding hydrogens is 128 g/mol. The monoisotopic (exact) mass is 139 g/mol. The molecule has 0 bridgehead atoms. The van der Waals surface area contributed by atoms with Gasteiger partial charge in [-0.15, -0.1) is 0 Å². The van der Waals surface area contributed by atoms with Gasteiger partial charge in [0, 0.05) is 11.3 Å². The van der Waals surface area contributed by atoms with Gasteiger partial charge >= 0.3 is 0 Å². The zero-order chi connectivity index (χ0) is 7.15. The zero-order valence-electron chi connectivity index (χ0n) is 5.25. The van der Waals surface area contributed by atoms with Gasteiger partial charge in [-0.05, 0) is 21.1 Å². The maximum absolute atomic E-state index is 8.78. The van der Waals surface area contributed by atoms with E-state index in [9.17, 15) is 0 Å². The molecule has 0 aliphatic rings. The van der Waals surface area contributed by atoms with Crippen LogP contribution in [0.3, 0.4) is 0 Å². The maximum Gasteiger partial charge on any atom is 0.0152 e. The molecule has 0 amide bonds. The highest BCUT2D eigenvalue weighted by Gasteiger charge is 1.58. The van der Waals surface area contributed by atoms with Crippen molar-refractivity contribution in [1.29, 1.82) is 0 Å². The van der Waals surface area contributed by atoms with Crippen molar-refractivity contribution in [2.24, 2.45) is 5.14 Å². The fourth-order valence-corrected chi connectivity index (χ4v) is 0. The Morgan fingerprint density at radius 1 is 1.50 bits per heavy atom. The molecule has 2 N–H and O–H groups in total. The predicted molar refractivity (Wildman–Crippen MR) is 32.7 cm³/mol. The van der Waals surface area contributed by atoms with Crippen LogP contribution in [0.15, 0.2) is 0 Å². The molecular formula is C3H11N2O2S-. The van der Waals surface area contributed by atoms with Crippen LogP contribution in [0.2, 0.25) is 0 Å². The Balaban J connectivity index is 0. The van der Waals surface area contributed by atoms with Crippen molar-refractivity contribution in [3.8, 4) is 0 Å². The quantitative estimate of drug-likeness (QED) is 0.434. The van der Waals surface area contributed by atoms with Gasteiger partial charge in [0.2, 0.25) is 0 Å². The first-order valence-corrected chi connectivity index (χ1v) is 3.05. The van der Waals surface area contributed by atoms with E-state index in [2.05, 4.69) is 5.14 Å². The van der Waals surface area contributed by atoms with E-state index in [-0.39, 0.29) is 0 Å². The summed E-state index contributed by atoms with van der Waals surface area (Å²) in [6.07, 6.45) is 0. The van der Waals surface area contributed by atoms with Crippen molar-refractivity contribution in [3.05, 3.63) is 0 Å². The number of rotatable bonds is 0. The molecule has 0 aliphatic heterocycles. The predicted octanol–water partition coefficient (Wildman–Crippen LogP) is -1.08. The molecule has 0 saturated heterocycles. The molecule has 1 atom stereocenters. The molecule has 0 rings (SSSR count). The summed E-state index contributed by atoms with van der Waals surface area (Å²) in [6, 6.07) is 0. The highest BCUT2D eigenvalue weighted by molar-refractivity contribution is 7.76. The second-order valence-electron chi connectivity index (χ2n) is 1.60. The van der Waals surface area contributed by atoms with Crippen molar-refractivity contribution in [2.45, 2.75) is 0 Å². The van der Waals surface area contributed by atoms with Gasteiger partial charge in [0.1, 0.15) is 0 Å². The third-order valence-electron chi connectivity index (χ3n) is 0. The molecule has 0 saturated carbocycles. The molecule has 0 spiro atoms. The van der Waals surface area contributed by atoms with E-state index in [1.807, 2.05) is 26.0 Å². The summed E-state index contributed by atoms with van der Waals surface area (Å²) < 4.78 is 17.6. The minimum atomic E-state index is -2.36. The third-order valence-corrected chi connectivity index (χ3v) is 0. The molecule has 0 aromatic rings. The van der Waals surface area contributed by atoms with Gasteiger partial charge in [-0.25, -0.2) is 0 Å². The van der Waals surface area contributed by atoms with E-state index in [0.717, 1.165) is 0 Å². The van der Waals surface area contributed by atoms with Crippen LogP contribution in [0.4, 0.5) is 0 Å². The van der Waals surface area contributed by atoms with Crippen LogP contribution in [0, 0.1) is 0 Å². The fraction of sp³-hybridized carbons (Fsp3) is 1.00. The molecule has 52 valence electrons. The summed E-state index contributed by atoms with van der Waals surface area (Å²) in [5, 5.41) is 4.03. The van der Waals surface area contributed by atoms with E-state index in [0.29, 0.717) is 0 Å². The van der Waals surface area contributed by atoms with Crippen molar-refractivity contribution in [1.82, 2.24) is 4.90 Å². The molecule has 8 heavy (non-hydrogen) atoms. The van der Waals surface area contributed by atoms with Crippen molar-refractivity contribution in [3.63, 3.8) is 0 Å². The Kier molecular flexibility index (Phi) is 9.59. The molecule has 1 unspecified atom stereocenters. The van der Waals surface area contributed by atoms with Crippen molar-refractivity contribution < 1.29 is 8.76 Å². The molecule has 0 aromatic carbocycles. The Morgan fingerprint density at radius 3 is 1.50 bits per heavy atom. The van der Waals surface area contributed by atoms with Crippen molar-refractivity contribution >= 4 is 11.3 Å². The topological polar surface area (TPSA) is 69.4 Å². The summed E-state index contributed by atoms with van der Waals surface area (Å²) in [7, 11) is 6.00. The van der Waals surface area contributed by atoms with Gasteiger partial charge in [-0.3, -0.25) is 9.35 Å². The first-order valence-electron chi connectivity index (χ1n) is 1.91. The Labute approximate surface area is 52.1 Å². The normalized spacial score (nSPS) is 12.2. The van der Waals surface area contributed by atoms with Crippen LogP contribution in [0.5, 0.6) is 0 Å². The standard InChI is InChI=1S/C3H9N.H3NO2S/c2*1-4(2)3/h1-3H3;1H2,(H,2,3)/p-1. The van der Waals surface area contributed by atoms with E-state index in [4.69, 9.17) is 8.76 Å². The van der Waals surface area contributed by atoms with Crippen LogP contribution >= 0.6 is 0 Å². The SMILES string of the molecule is CN(C)C.NS(=O)[O-]. The lowest BCUT2D eigenvalue weighted by atomic mass is 11.0. The largest absolute Gasteiger partial charge is 0.760 e. The second kappa shape index (κ2) is 7.03. The average molecular weight is 139 g/mol. The molecule has 0 heterocycles. The van der Waals surface area contributed by atoms with Crippen LogP contribution in [-0.2, 0) is 11.3 Å². The van der Waals surface area contributed by atoms with Crippen LogP contribution in [0.1, 0.15) is 0 Å². The first kappa shape index (κ1) is 10.9. The summed E-state index contributed by atoms with van der Waals surface area (Å²) >= 11 is -2.36. The Hall–Kier alpha value is 0.0300. The molecule has 0 radical (unpaired) electrons. The number of nitrogens with zero attached hydrogens (tertiary/aromatic N) is 1. The van der Waals surface area contributed by atoms with E-state index >= 15 is 0 Å². The smallest absolute Gasteiger partial charge is 0.0152 e. The number of hydrogen-bond acceptors (Lipinski definition) is 3. The van der Waals surface area contributed by atoms with E-state index < -0.39 is 11.3 Å². The molecule has 0 fully saturated rings. The molecule has 0 aliphatic carbocycles. The molecule has 0 aromatic heterocycles. The van der Waals surface area contributed by atoms with Gasteiger partial charge in [-0.2, -0.15) is 0 Å². The lowest BCUT2D eigenvalue weighted by Crippen LogP contribution is -1.99. The molecule has 5 heteroatoms. The summed E-state index contributed by atoms with van der Waals surface area (Å²) in [6.45, 7) is 0. The Bertz CT molecular complexity index is 59.5. The summed E-state index contributed by atoms with van der Waals surface area (Å²) in [4.78, 5) is 2.00. The van der Waals surface area contributed by atoms with Gasteiger partial charge < -0.3 is 9.45 Å². The first-order chi connectivity index (χ1) is 3.46.